The molecule has 100 valence electrons. The van der Waals surface area contributed by atoms with E-state index in [1.54, 1.807) is 6.20 Å². The van der Waals surface area contributed by atoms with E-state index in [2.05, 4.69) is 33.4 Å². The van der Waals surface area contributed by atoms with E-state index in [9.17, 15) is 0 Å². The van der Waals surface area contributed by atoms with Gasteiger partial charge in [0.25, 0.3) is 0 Å². The van der Waals surface area contributed by atoms with Crippen molar-refractivity contribution in [2.45, 2.75) is 20.4 Å². The molecule has 0 aliphatic carbocycles. The molecule has 6 heteroatoms. The van der Waals surface area contributed by atoms with Crippen LogP contribution in [0.5, 0.6) is 0 Å². The summed E-state index contributed by atoms with van der Waals surface area (Å²) in [5.74, 6) is 0.988. The lowest BCUT2D eigenvalue weighted by Gasteiger charge is -2.09. The topological polar surface area (TPSA) is 101 Å². The van der Waals surface area contributed by atoms with Crippen molar-refractivity contribution in [2.75, 3.05) is 5.73 Å². The molecule has 0 saturated carbocycles. The summed E-state index contributed by atoms with van der Waals surface area (Å²) in [7, 11) is 0. The van der Waals surface area contributed by atoms with E-state index in [0.29, 0.717) is 17.4 Å². The van der Waals surface area contributed by atoms with Crippen LogP contribution in [0.4, 0.5) is 5.82 Å². The molecule has 4 N–H and O–H groups in total. The molecular formula is C13H17N5O. The zero-order valence-electron chi connectivity index (χ0n) is 11.0. The Morgan fingerprint density at radius 1 is 1.32 bits per heavy atom. The summed E-state index contributed by atoms with van der Waals surface area (Å²) < 4.78 is 2.13. The molecular weight excluding hydrogens is 242 g/mol. The average Bonchev–Trinajstić information content (AvgIpc) is 2.73. The van der Waals surface area contributed by atoms with E-state index in [1.165, 1.54) is 0 Å². The van der Waals surface area contributed by atoms with Crippen LogP contribution in [-0.4, -0.2) is 25.0 Å². The Bertz CT molecular complexity index is 719. The van der Waals surface area contributed by atoms with Crippen molar-refractivity contribution in [3.63, 3.8) is 0 Å². The van der Waals surface area contributed by atoms with Gasteiger partial charge in [0, 0.05) is 18.1 Å². The summed E-state index contributed by atoms with van der Waals surface area (Å²) in [6.07, 6.45) is 3.55. The van der Waals surface area contributed by atoms with Crippen LogP contribution in [0.2, 0.25) is 0 Å². The molecule has 0 aliphatic rings. The Labute approximate surface area is 110 Å². The van der Waals surface area contributed by atoms with Crippen molar-refractivity contribution in [3.8, 4) is 0 Å². The number of nitrogen functional groups attached to an aromatic ring is 1. The predicted molar refractivity (Wildman–Crippen MR) is 75.7 cm³/mol. The third-order valence-corrected chi connectivity index (χ3v) is 2.91. The number of fused-ring (bicyclic) bond motifs is 3. The fraction of sp³-hybridized carbons (Fsp3) is 0.308. The minimum absolute atomic E-state index is 0. The van der Waals surface area contributed by atoms with Crippen molar-refractivity contribution < 1.29 is 5.48 Å². The van der Waals surface area contributed by atoms with Crippen molar-refractivity contribution in [3.05, 3.63) is 24.7 Å². The lowest BCUT2D eigenvalue weighted by atomic mass is 10.2. The van der Waals surface area contributed by atoms with E-state index in [4.69, 9.17) is 5.73 Å². The second kappa shape index (κ2) is 4.81. The van der Waals surface area contributed by atoms with E-state index in [0.717, 1.165) is 23.0 Å². The number of pyridine rings is 2. The number of anilines is 1. The number of hydrogen-bond donors (Lipinski definition) is 1. The summed E-state index contributed by atoms with van der Waals surface area (Å²) >= 11 is 0. The minimum Gasteiger partial charge on any atom is -0.412 e. The molecule has 0 saturated heterocycles. The first-order valence-corrected chi connectivity index (χ1v) is 6.02. The summed E-state index contributed by atoms with van der Waals surface area (Å²) in [6, 6.07) is 3.92. The van der Waals surface area contributed by atoms with Gasteiger partial charge in [-0.1, -0.05) is 13.8 Å². The van der Waals surface area contributed by atoms with Gasteiger partial charge in [0.05, 0.1) is 11.8 Å². The molecule has 3 rings (SSSR count). The van der Waals surface area contributed by atoms with Gasteiger partial charge in [0.15, 0.2) is 11.5 Å². The normalized spacial score (nSPS) is 11.1. The predicted octanol–water partition coefficient (Wildman–Crippen LogP) is 1.39. The molecule has 0 bridgehead atoms. The maximum atomic E-state index is 5.94. The first kappa shape index (κ1) is 13.2. The van der Waals surface area contributed by atoms with Gasteiger partial charge >= 0.3 is 0 Å². The van der Waals surface area contributed by atoms with Crippen molar-refractivity contribution in [1.82, 2.24) is 19.5 Å². The average molecular weight is 259 g/mol. The highest BCUT2D eigenvalue weighted by Crippen LogP contribution is 2.26. The molecule has 3 heterocycles. The van der Waals surface area contributed by atoms with Gasteiger partial charge in [-0.15, -0.1) is 0 Å². The molecule has 0 aromatic carbocycles. The third kappa shape index (κ3) is 2.10. The molecule has 0 radical (unpaired) electrons. The Morgan fingerprint density at radius 2 is 2.11 bits per heavy atom. The zero-order valence-corrected chi connectivity index (χ0v) is 11.0. The largest absolute Gasteiger partial charge is 0.412 e. The van der Waals surface area contributed by atoms with Crippen LogP contribution < -0.4 is 5.73 Å². The maximum Gasteiger partial charge on any atom is 0.163 e. The van der Waals surface area contributed by atoms with Gasteiger partial charge in [0.1, 0.15) is 5.52 Å². The molecule has 0 amide bonds. The first-order chi connectivity index (χ1) is 8.66. The van der Waals surface area contributed by atoms with E-state index in [1.807, 2.05) is 18.5 Å². The quantitative estimate of drug-likeness (QED) is 0.751. The fourth-order valence-corrected chi connectivity index (χ4v) is 2.22. The van der Waals surface area contributed by atoms with Crippen LogP contribution in [0.15, 0.2) is 24.7 Å². The standard InChI is InChI=1S/C13H15N5.H2O/c1-8(2)6-18-7-16-10-11(18)9-4-3-5-15-13(9)17-12(10)14;/h3-5,7-8H,6H2,1-2H3,(H2,14,15,17);1H2. The van der Waals surface area contributed by atoms with E-state index < -0.39 is 0 Å². The SMILES string of the molecule is CC(C)Cn1cnc2c(N)nc3ncccc3c21.O. The summed E-state index contributed by atoms with van der Waals surface area (Å²) in [6.45, 7) is 5.26. The van der Waals surface area contributed by atoms with Gasteiger partial charge in [-0.25, -0.2) is 15.0 Å². The highest BCUT2D eigenvalue weighted by molar-refractivity contribution is 6.04. The number of imidazole rings is 1. The highest BCUT2D eigenvalue weighted by Gasteiger charge is 2.12. The summed E-state index contributed by atoms with van der Waals surface area (Å²) in [5, 5.41) is 1.000. The lowest BCUT2D eigenvalue weighted by Crippen LogP contribution is -2.04. The van der Waals surface area contributed by atoms with Gasteiger partial charge in [-0.3, -0.25) is 0 Å². The number of nitrogens with zero attached hydrogens (tertiary/aromatic N) is 4. The zero-order chi connectivity index (χ0) is 12.7. The van der Waals surface area contributed by atoms with Gasteiger partial charge in [-0.05, 0) is 18.1 Å². The Morgan fingerprint density at radius 3 is 2.84 bits per heavy atom. The smallest absolute Gasteiger partial charge is 0.163 e. The maximum absolute atomic E-state index is 5.94. The van der Waals surface area contributed by atoms with Crippen LogP contribution in [0, 0.1) is 5.92 Å². The molecule has 0 aliphatic heterocycles. The summed E-state index contributed by atoms with van der Waals surface area (Å²) in [5.41, 5.74) is 8.40. The highest BCUT2D eigenvalue weighted by atomic mass is 16.0. The van der Waals surface area contributed by atoms with Gasteiger partial charge in [0.2, 0.25) is 0 Å². The van der Waals surface area contributed by atoms with Crippen molar-refractivity contribution in [1.29, 1.82) is 0 Å². The van der Waals surface area contributed by atoms with Gasteiger partial charge < -0.3 is 15.8 Å². The lowest BCUT2D eigenvalue weighted by molar-refractivity contribution is 0.533. The monoisotopic (exact) mass is 259 g/mol. The second-order valence-corrected chi connectivity index (χ2v) is 4.86. The van der Waals surface area contributed by atoms with Crippen LogP contribution in [0.25, 0.3) is 22.1 Å². The van der Waals surface area contributed by atoms with Crippen LogP contribution >= 0.6 is 0 Å². The van der Waals surface area contributed by atoms with Crippen molar-refractivity contribution >= 4 is 27.9 Å². The van der Waals surface area contributed by atoms with Crippen LogP contribution in [0.1, 0.15) is 13.8 Å². The van der Waals surface area contributed by atoms with Crippen LogP contribution in [-0.2, 0) is 6.54 Å². The molecule has 0 spiro atoms. The molecule has 19 heavy (non-hydrogen) atoms. The Hall–Kier alpha value is -2.21. The fourth-order valence-electron chi connectivity index (χ4n) is 2.22. The molecule has 3 aromatic rings. The molecule has 0 unspecified atom stereocenters. The van der Waals surface area contributed by atoms with Crippen molar-refractivity contribution in [2.24, 2.45) is 5.92 Å². The molecule has 6 nitrogen and oxygen atoms in total. The second-order valence-electron chi connectivity index (χ2n) is 4.86. The minimum atomic E-state index is 0. The Balaban J connectivity index is 0.00000133. The van der Waals surface area contributed by atoms with E-state index >= 15 is 0 Å². The first-order valence-electron chi connectivity index (χ1n) is 6.02. The Kier molecular flexibility index (Phi) is 3.35. The third-order valence-electron chi connectivity index (χ3n) is 2.91. The number of hydrogen-bond acceptors (Lipinski definition) is 4. The number of rotatable bonds is 2. The number of aromatic nitrogens is 4. The van der Waals surface area contributed by atoms with E-state index in [-0.39, 0.29) is 5.48 Å². The molecule has 3 aromatic heterocycles. The van der Waals surface area contributed by atoms with Crippen LogP contribution in [0.3, 0.4) is 0 Å². The summed E-state index contributed by atoms with van der Waals surface area (Å²) in [4.78, 5) is 12.9. The van der Waals surface area contributed by atoms with Gasteiger partial charge in [-0.2, -0.15) is 0 Å². The number of nitrogens with two attached hydrogens (primary N) is 1. The molecule has 0 atom stereocenters. The molecule has 0 fully saturated rings.